The van der Waals surface area contributed by atoms with Crippen molar-refractivity contribution in [2.24, 2.45) is 5.92 Å². The second-order valence-corrected chi connectivity index (χ2v) is 5.13. The molecule has 0 spiro atoms. The fraction of sp³-hybridized carbons (Fsp3) is 0.857. The zero-order valence-electron chi connectivity index (χ0n) is 11.5. The van der Waals surface area contributed by atoms with Gasteiger partial charge < -0.3 is 10.1 Å². The van der Waals surface area contributed by atoms with Crippen LogP contribution in [0.4, 0.5) is 0 Å². The molecule has 0 aromatic carbocycles. The summed E-state index contributed by atoms with van der Waals surface area (Å²) in [6.07, 6.45) is 3.69. The maximum absolute atomic E-state index is 5.69. The molecule has 0 heterocycles. The Hall–Kier alpha value is -0.340. The second kappa shape index (κ2) is 9.86. The summed E-state index contributed by atoms with van der Waals surface area (Å²) in [5, 5.41) is 3.44. The smallest absolute Gasteiger partial charge is 0.0547 e. The van der Waals surface area contributed by atoms with Gasteiger partial charge in [0.25, 0.3) is 0 Å². The molecule has 0 aliphatic rings. The number of hydrogen-bond acceptors (Lipinski definition) is 2. The predicted octanol–water partition coefficient (Wildman–Crippen LogP) is 3.38. The van der Waals surface area contributed by atoms with E-state index in [1.165, 1.54) is 12.0 Å². The molecule has 0 fully saturated rings. The molecule has 96 valence electrons. The fourth-order valence-corrected chi connectivity index (χ4v) is 1.42. The molecule has 0 rings (SSSR count). The molecule has 0 aliphatic carbocycles. The SMILES string of the molecule is C=C(C)CCOC(C)CCCNCC(C)C. The number of hydrogen-bond donors (Lipinski definition) is 1. The number of ether oxygens (including phenoxy) is 1. The van der Waals surface area contributed by atoms with E-state index < -0.39 is 0 Å². The summed E-state index contributed by atoms with van der Waals surface area (Å²) >= 11 is 0. The molecule has 0 aromatic heterocycles. The lowest BCUT2D eigenvalue weighted by Gasteiger charge is -2.13. The van der Waals surface area contributed by atoms with E-state index in [1.807, 2.05) is 6.92 Å². The Morgan fingerprint density at radius 2 is 2.00 bits per heavy atom. The van der Waals surface area contributed by atoms with Crippen molar-refractivity contribution in [2.75, 3.05) is 19.7 Å². The first-order chi connectivity index (χ1) is 7.52. The highest BCUT2D eigenvalue weighted by molar-refractivity contribution is 4.87. The third-order valence-corrected chi connectivity index (χ3v) is 2.45. The lowest BCUT2D eigenvalue weighted by molar-refractivity contribution is 0.0612. The molecule has 2 nitrogen and oxygen atoms in total. The minimum absolute atomic E-state index is 0.375. The first-order valence-electron chi connectivity index (χ1n) is 6.49. The third kappa shape index (κ3) is 11.7. The van der Waals surface area contributed by atoms with Crippen LogP contribution in [0, 0.1) is 5.92 Å². The van der Waals surface area contributed by atoms with Crippen LogP contribution >= 0.6 is 0 Å². The molecular weight excluding hydrogens is 198 g/mol. The predicted molar refractivity (Wildman–Crippen MR) is 71.8 cm³/mol. The zero-order chi connectivity index (χ0) is 12.4. The molecule has 1 N–H and O–H groups in total. The summed E-state index contributed by atoms with van der Waals surface area (Å²) in [6, 6.07) is 0. The highest BCUT2D eigenvalue weighted by Gasteiger charge is 2.01. The second-order valence-electron chi connectivity index (χ2n) is 5.13. The normalized spacial score (nSPS) is 13.1. The van der Waals surface area contributed by atoms with Gasteiger partial charge in [-0.3, -0.25) is 0 Å². The van der Waals surface area contributed by atoms with Crippen molar-refractivity contribution in [2.45, 2.75) is 53.1 Å². The highest BCUT2D eigenvalue weighted by Crippen LogP contribution is 2.04. The maximum Gasteiger partial charge on any atom is 0.0547 e. The van der Waals surface area contributed by atoms with E-state index in [0.29, 0.717) is 6.10 Å². The van der Waals surface area contributed by atoms with Crippen molar-refractivity contribution < 1.29 is 4.74 Å². The van der Waals surface area contributed by atoms with Crippen LogP contribution in [0.15, 0.2) is 12.2 Å². The topological polar surface area (TPSA) is 21.3 Å². The summed E-state index contributed by atoms with van der Waals surface area (Å²) in [7, 11) is 0. The zero-order valence-corrected chi connectivity index (χ0v) is 11.5. The summed E-state index contributed by atoms with van der Waals surface area (Å²) in [4.78, 5) is 0. The van der Waals surface area contributed by atoms with Gasteiger partial charge in [-0.05, 0) is 52.1 Å². The van der Waals surface area contributed by atoms with E-state index in [-0.39, 0.29) is 0 Å². The molecule has 0 amide bonds. The van der Waals surface area contributed by atoms with Gasteiger partial charge in [0.05, 0.1) is 12.7 Å². The Kier molecular flexibility index (Phi) is 9.65. The van der Waals surface area contributed by atoms with E-state index in [1.54, 1.807) is 0 Å². The van der Waals surface area contributed by atoms with Crippen molar-refractivity contribution in [1.29, 1.82) is 0 Å². The van der Waals surface area contributed by atoms with Crippen molar-refractivity contribution in [3.05, 3.63) is 12.2 Å². The van der Waals surface area contributed by atoms with Gasteiger partial charge >= 0.3 is 0 Å². The van der Waals surface area contributed by atoms with Crippen molar-refractivity contribution in [3.63, 3.8) is 0 Å². The highest BCUT2D eigenvalue weighted by atomic mass is 16.5. The first kappa shape index (κ1) is 15.7. The molecule has 0 bridgehead atoms. The van der Waals surface area contributed by atoms with Crippen LogP contribution in [0.1, 0.15) is 47.0 Å². The van der Waals surface area contributed by atoms with E-state index in [9.17, 15) is 0 Å². The fourth-order valence-electron chi connectivity index (χ4n) is 1.42. The Bertz CT molecular complexity index is 178. The standard InChI is InChI=1S/C14H29NO/c1-12(2)8-10-16-14(5)7-6-9-15-11-13(3)4/h13-15H,1,6-11H2,2-5H3. The lowest BCUT2D eigenvalue weighted by Crippen LogP contribution is -2.22. The number of rotatable bonds is 10. The van der Waals surface area contributed by atoms with E-state index >= 15 is 0 Å². The van der Waals surface area contributed by atoms with E-state index in [4.69, 9.17) is 4.74 Å². The quantitative estimate of drug-likeness (QED) is 0.456. The molecule has 0 aromatic rings. The molecule has 2 heteroatoms. The van der Waals surface area contributed by atoms with Crippen molar-refractivity contribution >= 4 is 0 Å². The lowest BCUT2D eigenvalue weighted by atomic mass is 10.2. The molecule has 0 radical (unpaired) electrons. The van der Waals surface area contributed by atoms with Gasteiger partial charge in [0, 0.05) is 0 Å². The van der Waals surface area contributed by atoms with Crippen LogP contribution in [0.5, 0.6) is 0 Å². The average Bonchev–Trinajstić information content (AvgIpc) is 2.16. The molecule has 0 saturated carbocycles. The van der Waals surface area contributed by atoms with Gasteiger partial charge in [0.1, 0.15) is 0 Å². The Labute approximate surface area is 101 Å². The van der Waals surface area contributed by atoms with Crippen LogP contribution in [0.3, 0.4) is 0 Å². The third-order valence-electron chi connectivity index (χ3n) is 2.45. The van der Waals surface area contributed by atoms with Gasteiger partial charge in [-0.1, -0.05) is 19.4 Å². The number of nitrogens with one attached hydrogen (secondary N) is 1. The molecule has 0 saturated heterocycles. The van der Waals surface area contributed by atoms with Crippen LogP contribution in [-0.2, 0) is 4.74 Å². The van der Waals surface area contributed by atoms with Crippen LogP contribution in [-0.4, -0.2) is 25.8 Å². The van der Waals surface area contributed by atoms with Gasteiger partial charge in [-0.15, -0.1) is 6.58 Å². The first-order valence-corrected chi connectivity index (χ1v) is 6.49. The summed E-state index contributed by atoms with van der Waals surface area (Å²) in [5.41, 5.74) is 1.20. The van der Waals surface area contributed by atoms with Crippen molar-refractivity contribution in [3.8, 4) is 0 Å². The summed E-state index contributed by atoms with van der Waals surface area (Å²) in [5.74, 6) is 0.740. The minimum Gasteiger partial charge on any atom is -0.378 e. The Morgan fingerprint density at radius 1 is 1.31 bits per heavy atom. The van der Waals surface area contributed by atoms with Gasteiger partial charge in [-0.25, -0.2) is 0 Å². The Balaban J connectivity index is 3.23. The summed E-state index contributed by atoms with van der Waals surface area (Å²) in [6.45, 7) is 15.6. The van der Waals surface area contributed by atoms with E-state index in [2.05, 4.69) is 32.7 Å². The van der Waals surface area contributed by atoms with Crippen molar-refractivity contribution in [1.82, 2.24) is 5.32 Å². The monoisotopic (exact) mass is 227 g/mol. The summed E-state index contributed by atoms with van der Waals surface area (Å²) < 4.78 is 5.69. The van der Waals surface area contributed by atoms with Gasteiger partial charge in [-0.2, -0.15) is 0 Å². The molecular formula is C14H29NO. The largest absolute Gasteiger partial charge is 0.378 e. The van der Waals surface area contributed by atoms with Gasteiger partial charge in [0.15, 0.2) is 0 Å². The van der Waals surface area contributed by atoms with Gasteiger partial charge in [0.2, 0.25) is 0 Å². The maximum atomic E-state index is 5.69. The van der Waals surface area contributed by atoms with Crippen LogP contribution in [0.2, 0.25) is 0 Å². The Morgan fingerprint density at radius 3 is 2.56 bits per heavy atom. The molecule has 1 unspecified atom stereocenters. The molecule has 16 heavy (non-hydrogen) atoms. The van der Waals surface area contributed by atoms with Crippen LogP contribution < -0.4 is 5.32 Å². The molecule has 0 aliphatic heterocycles. The van der Waals surface area contributed by atoms with E-state index in [0.717, 1.165) is 38.5 Å². The minimum atomic E-state index is 0.375. The molecule has 1 atom stereocenters. The average molecular weight is 227 g/mol. The van der Waals surface area contributed by atoms with Crippen LogP contribution in [0.25, 0.3) is 0 Å².